The van der Waals surface area contributed by atoms with E-state index >= 15 is 0 Å². The van der Waals surface area contributed by atoms with Gasteiger partial charge in [-0.2, -0.15) is 10.2 Å². The van der Waals surface area contributed by atoms with E-state index in [2.05, 4.69) is 15.5 Å². The SMILES string of the molecule is O=C(N[C@H]1CC[C@H]1F)c1cnnc(-c2ccccc2)c1. The fraction of sp³-hybridized carbons (Fsp3) is 0.267. The highest BCUT2D eigenvalue weighted by molar-refractivity contribution is 5.95. The van der Waals surface area contributed by atoms with Gasteiger partial charge in [-0.25, -0.2) is 4.39 Å². The maximum atomic E-state index is 13.2. The van der Waals surface area contributed by atoms with Gasteiger partial charge < -0.3 is 5.32 Å². The quantitative estimate of drug-likeness (QED) is 0.932. The summed E-state index contributed by atoms with van der Waals surface area (Å²) in [5.74, 6) is -0.301. The maximum absolute atomic E-state index is 13.2. The second-order valence-corrected chi connectivity index (χ2v) is 4.87. The summed E-state index contributed by atoms with van der Waals surface area (Å²) in [5.41, 5.74) is 1.92. The Kier molecular flexibility index (Phi) is 3.41. The van der Waals surface area contributed by atoms with Crippen LogP contribution in [0.2, 0.25) is 0 Å². The molecule has 2 atom stereocenters. The van der Waals surface area contributed by atoms with Gasteiger partial charge in [-0.05, 0) is 18.9 Å². The Morgan fingerprint density at radius 3 is 2.70 bits per heavy atom. The molecule has 1 aromatic heterocycles. The lowest BCUT2D eigenvalue weighted by atomic mass is 9.90. The summed E-state index contributed by atoms with van der Waals surface area (Å²) in [6.07, 6.45) is 1.68. The van der Waals surface area contributed by atoms with Crippen LogP contribution in [0.25, 0.3) is 11.3 Å². The molecule has 1 fully saturated rings. The zero-order valence-corrected chi connectivity index (χ0v) is 10.8. The predicted molar refractivity (Wildman–Crippen MR) is 72.9 cm³/mol. The number of benzene rings is 1. The fourth-order valence-electron chi connectivity index (χ4n) is 2.11. The molecule has 3 rings (SSSR count). The Morgan fingerprint density at radius 2 is 2.05 bits per heavy atom. The Bertz CT molecular complexity index is 618. The predicted octanol–water partition coefficient (Wildman–Crippen LogP) is 2.37. The summed E-state index contributed by atoms with van der Waals surface area (Å²) in [7, 11) is 0. The molecular formula is C15H14FN3O. The molecule has 0 saturated heterocycles. The third-order valence-electron chi connectivity index (χ3n) is 3.49. The van der Waals surface area contributed by atoms with Crippen LogP contribution in [-0.4, -0.2) is 28.3 Å². The van der Waals surface area contributed by atoms with Gasteiger partial charge in [0.1, 0.15) is 6.17 Å². The van der Waals surface area contributed by atoms with E-state index in [0.717, 1.165) is 5.56 Å². The molecule has 1 heterocycles. The molecule has 0 radical (unpaired) electrons. The van der Waals surface area contributed by atoms with E-state index in [1.165, 1.54) is 6.20 Å². The number of amides is 1. The van der Waals surface area contributed by atoms with Crippen molar-refractivity contribution >= 4 is 5.91 Å². The number of rotatable bonds is 3. The molecule has 1 aliphatic rings. The summed E-state index contributed by atoms with van der Waals surface area (Å²) in [6, 6.07) is 10.8. The van der Waals surface area contributed by atoms with E-state index in [9.17, 15) is 9.18 Å². The topological polar surface area (TPSA) is 54.9 Å². The summed E-state index contributed by atoms with van der Waals surface area (Å²) >= 11 is 0. The molecular weight excluding hydrogens is 257 g/mol. The number of carbonyl (C=O) groups excluding carboxylic acids is 1. The number of halogens is 1. The van der Waals surface area contributed by atoms with Crippen LogP contribution in [-0.2, 0) is 0 Å². The Morgan fingerprint density at radius 1 is 1.25 bits per heavy atom. The zero-order valence-electron chi connectivity index (χ0n) is 10.8. The summed E-state index contributed by atoms with van der Waals surface area (Å²) in [6.45, 7) is 0. The van der Waals surface area contributed by atoms with Crippen molar-refractivity contribution in [2.75, 3.05) is 0 Å². The second kappa shape index (κ2) is 5.36. The maximum Gasteiger partial charge on any atom is 0.253 e. The van der Waals surface area contributed by atoms with Crippen molar-refractivity contribution in [1.29, 1.82) is 0 Å². The van der Waals surface area contributed by atoms with Crippen LogP contribution in [0.3, 0.4) is 0 Å². The van der Waals surface area contributed by atoms with Crippen LogP contribution in [0.5, 0.6) is 0 Å². The van der Waals surface area contributed by atoms with Gasteiger partial charge in [0.05, 0.1) is 23.5 Å². The first-order chi connectivity index (χ1) is 9.74. The van der Waals surface area contributed by atoms with E-state index in [1.54, 1.807) is 6.07 Å². The highest BCUT2D eigenvalue weighted by Gasteiger charge is 2.32. The van der Waals surface area contributed by atoms with E-state index in [4.69, 9.17) is 0 Å². The third kappa shape index (κ3) is 2.52. The van der Waals surface area contributed by atoms with Gasteiger partial charge >= 0.3 is 0 Å². The van der Waals surface area contributed by atoms with Gasteiger partial charge in [-0.15, -0.1) is 0 Å². The molecule has 1 aliphatic carbocycles. The van der Waals surface area contributed by atoms with Crippen LogP contribution in [0, 0.1) is 0 Å². The highest BCUT2D eigenvalue weighted by atomic mass is 19.1. The molecule has 20 heavy (non-hydrogen) atoms. The second-order valence-electron chi connectivity index (χ2n) is 4.87. The molecule has 0 spiro atoms. The summed E-state index contributed by atoms with van der Waals surface area (Å²) < 4.78 is 13.2. The molecule has 0 aliphatic heterocycles. The monoisotopic (exact) mass is 271 g/mol. The van der Waals surface area contributed by atoms with Crippen LogP contribution in [0.1, 0.15) is 23.2 Å². The van der Waals surface area contributed by atoms with Gasteiger partial charge in [0, 0.05) is 5.56 Å². The lowest BCUT2D eigenvalue weighted by molar-refractivity contribution is 0.0824. The number of nitrogens with one attached hydrogen (secondary N) is 1. The number of alkyl halides is 1. The number of aromatic nitrogens is 2. The fourth-order valence-corrected chi connectivity index (χ4v) is 2.11. The third-order valence-corrected chi connectivity index (χ3v) is 3.49. The number of hydrogen-bond donors (Lipinski definition) is 1. The van der Waals surface area contributed by atoms with Gasteiger partial charge in [-0.3, -0.25) is 4.79 Å². The summed E-state index contributed by atoms with van der Waals surface area (Å²) in [5, 5.41) is 10.5. The largest absolute Gasteiger partial charge is 0.346 e. The molecule has 1 aromatic carbocycles. The molecule has 4 nitrogen and oxygen atoms in total. The summed E-state index contributed by atoms with van der Waals surface area (Å²) in [4.78, 5) is 12.0. The first-order valence-electron chi connectivity index (χ1n) is 6.57. The molecule has 2 aromatic rings. The lowest BCUT2D eigenvalue weighted by Crippen LogP contribution is -2.48. The van der Waals surface area contributed by atoms with Crippen molar-refractivity contribution in [3.63, 3.8) is 0 Å². The van der Waals surface area contributed by atoms with Crippen LogP contribution < -0.4 is 5.32 Å². The van der Waals surface area contributed by atoms with Gasteiger partial charge in [-0.1, -0.05) is 30.3 Å². The van der Waals surface area contributed by atoms with Crippen molar-refractivity contribution in [3.8, 4) is 11.3 Å². The van der Waals surface area contributed by atoms with Gasteiger partial charge in [0.25, 0.3) is 5.91 Å². The number of hydrogen-bond acceptors (Lipinski definition) is 3. The van der Waals surface area contributed by atoms with Crippen molar-refractivity contribution in [2.24, 2.45) is 0 Å². The molecule has 1 amide bonds. The Balaban J connectivity index is 1.79. The van der Waals surface area contributed by atoms with Crippen LogP contribution >= 0.6 is 0 Å². The van der Waals surface area contributed by atoms with E-state index in [0.29, 0.717) is 24.1 Å². The standard InChI is InChI=1S/C15H14FN3O/c16-12-6-7-13(12)18-15(20)11-8-14(19-17-9-11)10-4-2-1-3-5-10/h1-5,8-9,12-13H,6-7H2,(H,18,20)/t12-,13+/m1/s1. The van der Waals surface area contributed by atoms with E-state index in [1.807, 2.05) is 30.3 Å². The normalized spacial score (nSPS) is 21.1. The van der Waals surface area contributed by atoms with Gasteiger partial charge in [0.15, 0.2) is 0 Å². The smallest absolute Gasteiger partial charge is 0.253 e. The van der Waals surface area contributed by atoms with Crippen molar-refractivity contribution < 1.29 is 9.18 Å². The highest BCUT2D eigenvalue weighted by Crippen LogP contribution is 2.23. The Hall–Kier alpha value is -2.30. The molecule has 1 saturated carbocycles. The minimum atomic E-state index is -0.928. The molecule has 1 N–H and O–H groups in total. The molecule has 0 unspecified atom stereocenters. The van der Waals surface area contributed by atoms with Crippen LogP contribution in [0.15, 0.2) is 42.6 Å². The first-order valence-corrected chi connectivity index (χ1v) is 6.57. The molecule has 102 valence electrons. The van der Waals surface area contributed by atoms with Gasteiger partial charge in [0.2, 0.25) is 0 Å². The van der Waals surface area contributed by atoms with Crippen molar-refractivity contribution in [1.82, 2.24) is 15.5 Å². The minimum Gasteiger partial charge on any atom is -0.346 e. The van der Waals surface area contributed by atoms with Crippen molar-refractivity contribution in [3.05, 3.63) is 48.2 Å². The van der Waals surface area contributed by atoms with Crippen LogP contribution in [0.4, 0.5) is 4.39 Å². The first kappa shape index (κ1) is 12.7. The molecule has 5 heteroatoms. The van der Waals surface area contributed by atoms with E-state index < -0.39 is 6.17 Å². The number of nitrogens with zero attached hydrogens (tertiary/aromatic N) is 2. The average Bonchev–Trinajstić information content (AvgIpc) is 2.52. The zero-order chi connectivity index (χ0) is 13.9. The van der Waals surface area contributed by atoms with Crippen molar-refractivity contribution in [2.45, 2.75) is 25.1 Å². The Labute approximate surface area is 116 Å². The minimum absolute atomic E-state index is 0.301. The molecule has 0 bridgehead atoms. The lowest BCUT2D eigenvalue weighted by Gasteiger charge is -2.30. The average molecular weight is 271 g/mol. The number of carbonyl (C=O) groups is 1. The van der Waals surface area contributed by atoms with E-state index in [-0.39, 0.29) is 11.9 Å².